The van der Waals surface area contributed by atoms with Crippen LogP contribution < -0.4 is 10.2 Å². The number of aliphatic carboxylic acids is 1. The predicted octanol–water partition coefficient (Wildman–Crippen LogP) is 1.75. The summed E-state index contributed by atoms with van der Waals surface area (Å²) in [6.07, 6.45) is 1.46. The second-order valence-electron chi connectivity index (χ2n) is 5.14. The molecule has 0 saturated carbocycles. The number of carbonyl (C=O) groups excluding carboxylic acids is 1. The van der Waals surface area contributed by atoms with Gasteiger partial charge < -0.3 is 9.84 Å². The fourth-order valence-corrected chi connectivity index (χ4v) is 1.93. The Balaban J connectivity index is 1.82. The quantitative estimate of drug-likeness (QED) is 0.420. The lowest BCUT2D eigenvalue weighted by Gasteiger charge is -2.03. The molecule has 26 heavy (non-hydrogen) atoms. The molecule has 2 rings (SSSR count). The van der Waals surface area contributed by atoms with Crippen LogP contribution in [0.1, 0.15) is 11.1 Å². The molecule has 2 aromatic rings. The number of ether oxygens (including phenoxy) is 1. The number of hydrogen-bond donors (Lipinski definition) is 2. The monoisotopic (exact) mass is 357 g/mol. The highest BCUT2D eigenvalue weighted by atomic mass is 16.6. The van der Waals surface area contributed by atoms with Gasteiger partial charge in [0.25, 0.3) is 5.69 Å². The molecule has 0 radical (unpaired) electrons. The largest absolute Gasteiger partial charge is 0.482 e. The van der Waals surface area contributed by atoms with Crippen LogP contribution >= 0.6 is 0 Å². The first-order valence-corrected chi connectivity index (χ1v) is 7.44. The number of rotatable bonds is 8. The number of benzene rings is 2. The number of nitro benzene ring substituents is 1. The molecule has 0 aromatic heterocycles. The summed E-state index contributed by atoms with van der Waals surface area (Å²) < 4.78 is 5.00. The number of hydrogen-bond acceptors (Lipinski definition) is 6. The minimum Gasteiger partial charge on any atom is -0.482 e. The van der Waals surface area contributed by atoms with Gasteiger partial charge in [-0.2, -0.15) is 5.10 Å². The van der Waals surface area contributed by atoms with E-state index in [0.29, 0.717) is 16.9 Å². The molecule has 0 aliphatic carbocycles. The maximum Gasteiger partial charge on any atom is 0.341 e. The van der Waals surface area contributed by atoms with E-state index in [0.717, 1.165) is 0 Å². The third-order valence-electron chi connectivity index (χ3n) is 3.16. The molecule has 0 aliphatic rings. The molecule has 134 valence electrons. The number of carbonyl (C=O) groups is 2. The summed E-state index contributed by atoms with van der Waals surface area (Å²) in [5.74, 6) is -1.02. The number of nitro groups is 1. The van der Waals surface area contributed by atoms with E-state index in [9.17, 15) is 19.7 Å². The summed E-state index contributed by atoms with van der Waals surface area (Å²) in [5.41, 5.74) is 3.63. The summed E-state index contributed by atoms with van der Waals surface area (Å²) in [6.45, 7) is -0.424. The van der Waals surface area contributed by atoms with Crippen LogP contribution in [-0.4, -0.2) is 34.7 Å². The molecule has 0 unspecified atom stereocenters. The number of carboxylic acid groups (broad SMARTS) is 1. The summed E-state index contributed by atoms with van der Waals surface area (Å²) in [4.78, 5) is 32.3. The van der Waals surface area contributed by atoms with Gasteiger partial charge in [0, 0.05) is 12.1 Å². The zero-order valence-corrected chi connectivity index (χ0v) is 13.5. The lowest BCUT2D eigenvalue weighted by atomic mass is 10.1. The number of nitrogens with zero attached hydrogens (tertiary/aromatic N) is 2. The van der Waals surface area contributed by atoms with E-state index in [4.69, 9.17) is 9.84 Å². The van der Waals surface area contributed by atoms with Crippen molar-refractivity contribution < 1.29 is 24.4 Å². The summed E-state index contributed by atoms with van der Waals surface area (Å²) in [6, 6.07) is 12.2. The molecule has 2 aromatic carbocycles. The van der Waals surface area contributed by atoms with Gasteiger partial charge in [0.05, 0.1) is 17.6 Å². The van der Waals surface area contributed by atoms with Crippen molar-refractivity contribution in [3.8, 4) is 5.75 Å². The maximum absolute atomic E-state index is 11.8. The lowest BCUT2D eigenvalue weighted by molar-refractivity contribution is -0.384. The molecule has 0 saturated heterocycles. The number of carboxylic acids is 1. The van der Waals surface area contributed by atoms with Crippen LogP contribution in [0, 0.1) is 10.1 Å². The second-order valence-corrected chi connectivity index (χ2v) is 5.14. The molecule has 0 aliphatic heterocycles. The standard InChI is InChI=1S/C17H15N3O6/c21-16(9-12-1-5-14(6-2-12)20(24)25)19-18-10-13-3-7-15(8-4-13)26-11-17(22)23/h1-8,10H,9,11H2,(H,19,21)(H,22,23)/b18-10+. The maximum atomic E-state index is 11.8. The molecule has 0 atom stereocenters. The van der Waals surface area contributed by atoms with E-state index >= 15 is 0 Å². The summed E-state index contributed by atoms with van der Waals surface area (Å²) in [7, 11) is 0. The minimum absolute atomic E-state index is 0.0389. The van der Waals surface area contributed by atoms with Crippen LogP contribution in [0.4, 0.5) is 5.69 Å². The lowest BCUT2D eigenvalue weighted by Crippen LogP contribution is -2.19. The van der Waals surface area contributed by atoms with Crippen molar-refractivity contribution in [2.45, 2.75) is 6.42 Å². The predicted molar refractivity (Wildman–Crippen MR) is 92.1 cm³/mol. The zero-order valence-electron chi connectivity index (χ0n) is 13.5. The van der Waals surface area contributed by atoms with Gasteiger partial charge in [-0.25, -0.2) is 10.2 Å². The summed E-state index contributed by atoms with van der Waals surface area (Å²) >= 11 is 0. The average Bonchev–Trinajstić information content (AvgIpc) is 2.61. The van der Waals surface area contributed by atoms with E-state index < -0.39 is 17.5 Å². The highest BCUT2D eigenvalue weighted by molar-refractivity contribution is 5.83. The van der Waals surface area contributed by atoms with Gasteiger partial charge in [0.15, 0.2) is 6.61 Å². The number of amides is 1. The Kier molecular flexibility index (Phi) is 6.38. The molecule has 9 nitrogen and oxygen atoms in total. The molecule has 0 heterocycles. The van der Waals surface area contributed by atoms with Crippen molar-refractivity contribution in [2.75, 3.05) is 6.61 Å². The second kappa shape index (κ2) is 8.92. The number of nitrogens with one attached hydrogen (secondary N) is 1. The molecule has 0 bridgehead atoms. The van der Waals surface area contributed by atoms with Gasteiger partial charge in [-0.15, -0.1) is 0 Å². The van der Waals surface area contributed by atoms with Crippen LogP contribution in [-0.2, 0) is 16.0 Å². The summed E-state index contributed by atoms with van der Waals surface area (Å²) in [5, 5.41) is 22.9. The number of hydrazone groups is 1. The van der Waals surface area contributed by atoms with Gasteiger partial charge in [-0.3, -0.25) is 14.9 Å². The smallest absolute Gasteiger partial charge is 0.341 e. The Hall–Kier alpha value is -3.75. The van der Waals surface area contributed by atoms with Crippen LogP contribution in [0.3, 0.4) is 0 Å². The van der Waals surface area contributed by atoms with Gasteiger partial charge in [-0.05, 0) is 35.4 Å². The molecule has 2 N–H and O–H groups in total. The third kappa shape index (κ3) is 6.04. The fourth-order valence-electron chi connectivity index (χ4n) is 1.93. The molecule has 9 heteroatoms. The molecular formula is C17H15N3O6. The first-order chi connectivity index (χ1) is 12.4. The first-order valence-electron chi connectivity index (χ1n) is 7.44. The Morgan fingerprint density at radius 1 is 1.15 bits per heavy atom. The zero-order chi connectivity index (χ0) is 18.9. The van der Waals surface area contributed by atoms with Crippen LogP contribution in [0.5, 0.6) is 5.75 Å². The first kappa shape index (κ1) is 18.6. The molecule has 1 amide bonds. The van der Waals surface area contributed by atoms with Crippen molar-refractivity contribution in [1.29, 1.82) is 0 Å². The fraction of sp³-hybridized carbons (Fsp3) is 0.118. The van der Waals surface area contributed by atoms with E-state index in [1.54, 1.807) is 24.3 Å². The molecule has 0 spiro atoms. The van der Waals surface area contributed by atoms with Crippen molar-refractivity contribution in [2.24, 2.45) is 5.10 Å². The topological polar surface area (TPSA) is 131 Å². The van der Waals surface area contributed by atoms with Crippen LogP contribution in [0.2, 0.25) is 0 Å². The van der Waals surface area contributed by atoms with E-state index in [1.165, 1.54) is 30.5 Å². The normalized spacial score (nSPS) is 10.5. The minimum atomic E-state index is -1.06. The van der Waals surface area contributed by atoms with Gasteiger partial charge in [0.1, 0.15) is 5.75 Å². The van der Waals surface area contributed by atoms with Crippen LogP contribution in [0.25, 0.3) is 0 Å². The van der Waals surface area contributed by atoms with Crippen molar-refractivity contribution >= 4 is 23.8 Å². The number of non-ortho nitro benzene ring substituents is 1. The molecule has 0 fully saturated rings. The van der Waals surface area contributed by atoms with Crippen molar-refractivity contribution in [1.82, 2.24) is 5.43 Å². The SMILES string of the molecule is O=C(O)COc1ccc(/C=N/NC(=O)Cc2ccc([N+](=O)[O-])cc2)cc1. The van der Waals surface area contributed by atoms with E-state index in [1.807, 2.05) is 0 Å². The van der Waals surface area contributed by atoms with Crippen molar-refractivity contribution in [3.63, 3.8) is 0 Å². The van der Waals surface area contributed by atoms with Crippen molar-refractivity contribution in [3.05, 3.63) is 69.8 Å². The third-order valence-corrected chi connectivity index (χ3v) is 3.16. The van der Waals surface area contributed by atoms with Gasteiger partial charge in [0.2, 0.25) is 5.91 Å². The highest BCUT2D eigenvalue weighted by Crippen LogP contribution is 2.12. The van der Waals surface area contributed by atoms with Gasteiger partial charge >= 0.3 is 5.97 Å². The van der Waals surface area contributed by atoms with E-state index in [-0.39, 0.29) is 18.0 Å². The Morgan fingerprint density at radius 3 is 2.38 bits per heavy atom. The van der Waals surface area contributed by atoms with Crippen LogP contribution in [0.15, 0.2) is 53.6 Å². The Morgan fingerprint density at radius 2 is 1.81 bits per heavy atom. The Bertz CT molecular complexity index is 815. The van der Waals surface area contributed by atoms with Gasteiger partial charge in [-0.1, -0.05) is 12.1 Å². The molecular weight excluding hydrogens is 342 g/mol. The highest BCUT2D eigenvalue weighted by Gasteiger charge is 2.06. The average molecular weight is 357 g/mol. The Labute approximate surface area is 148 Å². The van der Waals surface area contributed by atoms with E-state index in [2.05, 4.69) is 10.5 Å².